The van der Waals surface area contributed by atoms with Gasteiger partial charge in [0.25, 0.3) is 0 Å². The standard InChI is InChI=1S/C17H16N2O4S/c1-12-5-7-15(8-6-12)24(22,23)19-16(17(20)21)10-13-3-2-4-14(9-13)11-18/h2-9,16,19H,10H2,1H3,(H,20,21)/t16-/m0/s1. The third-order valence-electron chi connectivity index (χ3n) is 3.42. The lowest BCUT2D eigenvalue weighted by Gasteiger charge is -2.15. The van der Waals surface area contributed by atoms with Crippen molar-refractivity contribution in [3.05, 3.63) is 65.2 Å². The minimum Gasteiger partial charge on any atom is -0.480 e. The lowest BCUT2D eigenvalue weighted by atomic mass is 10.0. The van der Waals surface area contributed by atoms with E-state index in [1.807, 2.05) is 13.0 Å². The van der Waals surface area contributed by atoms with E-state index in [0.717, 1.165) is 5.56 Å². The van der Waals surface area contributed by atoms with Crippen LogP contribution in [0.1, 0.15) is 16.7 Å². The lowest BCUT2D eigenvalue weighted by Crippen LogP contribution is -2.42. The zero-order valence-electron chi connectivity index (χ0n) is 12.9. The molecule has 2 N–H and O–H groups in total. The number of nitrogens with zero attached hydrogens (tertiary/aromatic N) is 1. The molecule has 2 rings (SSSR count). The first-order valence-electron chi connectivity index (χ1n) is 7.12. The molecule has 0 aromatic heterocycles. The summed E-state index contributed by atoms with van der Waals surface area (Å²) in [7, 11) is -3.95. The second-order valence-electron chi connectivity index (χ2n) is 5.34. The normalized spacial score (nSPS) is 12.3. The molecule has 0 amide bonds. The van der Waals surface area contributed by atoms with Crippen molar-refractivity contribution in [1.82, 2.24) is 4.72 Å². The smallest absolute Gasteiger partial charge is 0.322 e. The first-order valence-corrected chi connectivity index (χ1v) is 8.61. The molecule has 6 nitrogen and oxygen atoms in total. The molecule has 0 bridgehead atoms. The van der Waals surface area contributed by atoms with Crippen LogP contribution >= 0.6 is 0 Å². The number of benzene rings is 2. The molecule has 0 spiro atoms. The van der Waals surface area contributed by atoms with Gasteiger partial charge in [-0.15, -0.1) is 0 Å². The summed E-state index contributed by atoms with van der Waals surface area (Å²) < 4.78 is 26.9. The van der Waals surface area contributed by atoms with E-state index in [4.69, 9.17) is 5.26 Å². The first-order chi connectivity index (χ1) is 11.3. The van der Waals surface area contributed by atoms with E-state index in [0.29, 0.717) is 11.1 Å². The van der Waals surface area contributed by atoms with E-state index < -0.39 is 22.0 Å². The third kappa shape index (κ3) is 4.41. The average molecular weight is 344 g/mol. The Morgan fingerprint density at radius 1 is 1.25 bits per heavy atom. The van der Waals surface area contributed by atoms with E-state index >= 15 is 0 Å². The fourth-order valence-corrected chi connectivity index (χ4v) is 3.34. The summed E-state index contributed by atoms with van der Waals surface area (Å²) in [5, 5.41) is 18.2. The summed E-state index contributed by atoms with van der Waals surface area (Å²) in [6.07, 6.45) is -0.0596. The highest BCUT2D eigenvalue weighted by Crippen LogP contribution is 2.13. The van der Waals surface area contributed by atoms with Gasteiger partial charge in [0.2, 0.25) is 10.0 Å². The second-order valence-corrected chi connectivity index (χ2v) is 7.06. The topological polar surface area (TPSA) is 107 Å². The monoisotopic (exact) mass is 344 g/mol. The minimum atomic E-state index is -3.95. The molecule has 0 saturated carbocycles. The van der Waals surface area contributed by atoms with Crippen molar-refractivity contribution < 1.29 is 18.3 Å². The summed E-state index contributed by atoms with van der Waals surface area (Å²) in [5.41, 5.74) is 1.85. The molecular formula is C17H16N2O4S. The second kappa shape index (κ2) is 7.25. The van der Waals surface area contributed by atoms with Gasteiger partial charge in [-0.3, -0.25) is 4.79 Å². The largest absolute Gasteiger partial charge is 0.480 e. The van der Waals surface area contributed by atoms with E-state index in [9.17, 15) is 18.3 Å². The van der Waals surface area contributed by atoms with Gasteiger partial charge < -0.3 is 5.11 Å². The van der Waals surface area contributed by atoms with Gasteiger partial charge >= 0.3 is 5.97 Å². The Labute approximate surface area is 140 Å². The summed E-state index contributed by atoms with van der Waals surface area (Å²) in [4.78, 5) is 11.4. The maximum atomic E-state index is 12.3. The Balaban J connectivity index is 2.23. The predicted molar refractivity (Wildman–Crippen MR) is 87.8 cm³/mol. The van der Waals surface area contributed by atoms with Crippen LogP contribution in [0.3, 0.4) is 0 Å². The maximum absolute atomic E-state index is 12.3. The number of hydrogen-bond donors (Lipinski definition) is 2. The number of hydrogen-bond acceptors (Lipinski definition) is 4. The van der Waals surface area contributed by atoms with Crippen molar-refractivity contribution in [3.63, 3.8) is 0 Å². The molecular weight excluding hydrogens is 328 g/mol. The van der Waals surface area contributed by atoms with Crippen LogP contribution in [0.2, 0.25) is 0 Å². The fraction of sp³-hybridized carbons (Fsp3) is 0.176. The zero-order valence-corrected chi connectivity index (χ0v) is 13.7. The quantitative estimate of drug-likeness (QED) is 0.831. The molecule has 1 atom stereocenters. The van der Waals surface area contributed by atoms with Crippen LogP contribution < -0.4 is 4.72 Å². The minimum absolute atomic E-state index is 0.00475. The number of aliphatic carboxylic acids is 1. The van der Waals surface area contributed by atoms with Crippen LogP contribution in [0, 0.1) is 18.3 Å². The van der Waals surface area contributed by atoms with Crippen LogP contribution in [0.15, 0.2) is 53.4 Å². The summed E-state index contributed by atoms with van der Waals surface area (Å²) in [6.45, 7) is 1.83. The first kappa shape index (κ1) is 17.7. The predicted octanol–water partition coefficient (Wildman–Crippen LogP) is 1.84. The Hall–Kier alpha value is -2.69. The molecule has 24 heavy (non-hydrogen) atoms. The van der Waals surface area contributed by atoms with Crippen molar-refractivity contribution in [3.8, 4) is 6.07 Å². The highest BCUT2D eigenvalue weighted by Gasteiger charge is 2.25. The van der Waals surface area contributed by atoms with Gasteiger partial charge in [0, 0.05) is 0 Å². The molecule has 0 heterocycles. The number of nitriles is 1. The zero-order chi connectivity index (χ0) is 17.7. The van der Waals surface area contributed by atoms with Gasteiger partial charge in [-0.05, 0) is 43.2 Å². The van der Waals surface area contributed by atoms with Crippen molar-refractivity contribution >= 4 is 16.0 Å². The number of sulfonamides is 1. The number of carboxylic acids is 1. The highest BCUT2D eigenvalue weighted by atomic mass is 32.2. The molecule has 0 saturated heterocycles. The molecule has 0 radical (unpaired) electrons. The molecule has 0 fully saturated rings. The van der Waals surface area contributed by atoms with Crippen LogP contribution in [0.25, 0.3) is 0 Å². The summed E-state index contributed by atoms with van der Waals surface area (Å²) >= 11 is 0. The Kier molecular flexibility index (Phi) is 5.34. The number of aryl methyl sites for hydroxylation is 1. The molecule has 0 aliphatic heterocycles. The molecule has 2 aromatic rings. The van der Waals surface area contributed by atoms with E-state index in [-0.39, 0.29) is 11.3 Å². The summed E-state index contributed by atoms with van der Waals surface area (Å²) in [6, 6.07) is 13.2. The molecule has 7 heteroatoms. The van der Waals surface area contributed by atoms with E-state index in [1.165, 1.54) is 18.2 Å². The van der Waals surface area contributed by atoms with Gasteiger partial charge in [-0.2, -0.15) is 9.98 Å². The number of carbonyl (C=O) groups is 1. The van der Waals surface area contributed by atoms with E-state index in [1.54, 1.807) is 30.3 Å². The average Bonchev–Trinajstić information content (AvgIpc) is 2.54. The van der Waals surface area contributed by atoms with Gasteiger partial charge in [-0.25, -0.2) is 8.42 Å². The highest BCUT2D eigenvalue weighted by molar-refractivity contribution is 7.89. The molecule has 124 valence electrons. The van der Waals surface area contributed by atoms with Crippen LogP contribution in [0.5, 0.6) is 0 Å². The van der Waals surface area contributed by atoms with Gasteiger partial charge in [0.15, 0.2) is 0 Å². The van der Waals surface area contributed by atoms with E-state index in [2.05, 4.69) is 4.72 Å². The van der Waals surface area contributed by atoms with Gasteiger partial charge in [0.1, 0.15) is 6.04 Å². The Morgan fingerprint density at radius 2 is 1.92 bits per heavy atom. The van der Waals surface area contributed by atoms with Crippen molar-refractivity contribution in [2.24, 2.45) is 0 Å². The molecule has 0 aliphatic carbocycles. The Bertz CT molecular complexity index is 884. The van der Waals surface area contributed by atoms with Crippen molar-refractivity contribution in [1.29, 1.82) is 5.26 Å². The van der Waals surface area contributed by atoms with Crippen LogP contribution in [-0.4, -0.2) is 25.5 Å². The van der Waals surface area contributed by atoms with Crippen LogP contribution in [0.4, 0.5) is 0 Å². The van der Waals surface area contributed by atoms with Crippen molar-refractivity contribution in [2.45, 2.75) is 24.3 Å². The Morgan fingerprint density at radius 3 is 2.50 bits per heavy atom. The number of carboxylic acid groups (broad SMARTS) is 1. The SMILES string of the molecule is Cc1ccc(S(=O)(=O)N[C@@H](Cc2cccc(C#N)c2)C(=O)O)cc1. The molecule has 0 unspecified atom stereocenters. The van der Waals surface area contributed by atoms with Gasteiger partial charge in [-0.1, -0.05) is 29.8 Å². The van der Waals surface area contributed by atoms with Crippen molar-refractivity contribution in [2.75, 3.05) is 0 Å². The summed E-state index contributed by atoms with van der Waals surface area (Å²) in [5.74, 6) is -1.28. The number of nitrogens with one attached hydrogen (secondary N) is 1. The fourth-order valence-electron chi connectivity index (χ4n) is 2.16. The molecule has 0 aliphatic rings. The third-order valence-corrected chi connectivity index (χ3v) is 4.91. The number of rotatable bonds is 6. The molecule has 2 aromatic carbocycles. The maximum Gasteiger partial charge on any atom is 0.322 e. The van der Waals surface area contributed by atoms with Crippen LogP contribution in [-0.2, 0) is 21.2 Å². The van der Waals surface area contributed by atoms with Gasteiger partial charge in [0.05, 0.1) is 16.5 Å². The lowest BCUT2D eigenvalue weighted by molar-refractivity contribution is -0.138.